The van der Waals surface area contributed by atoms with Gasteiger partial charge in [0, 0.05) is 23.1 Å². The molecule has 0 unspecified atom stereocenters. The molecule has 2 heteroatoms. The molecule has 0 atom stereocenters. The second kappa shape index (κ2) is 4.11. The minimum atomic E-state index is 0.249. The van der Waals surface area contributed by atoms with Crippen molar-refractivity contribution in [1.82, 2.24) is 10.3 Å². The fourth-order valence-electron chi connectivity index (χ4n) is 4.13. The van der Waals surface area contributed by atoms with E-state index in [0.29, 0.717) is 0 Å². The standard InChI is InChI=1S/C17H22N2/c1-12-5-6-15-14(11-12)13-7-10-18-17(16(13)19-15)8-3-2-4-9-17/h5-6,11,18-19H,2-4,7-10H2,1H3. The Bertz CT molecular complexity index is 617. The van der Waals surface area contributed by atoms with Crippen molar-refractivity contribution in [2.45, 2.75) is 51.0 Å². The lowest BCUT2D eigenvalue weighted by Gasteiger charge is -2.41. The fraction of sp³-hybridized carbons (Fsp3) is 0.529. The zero-order valence-electron chi connectivity index (χ0n) is 11.7. The molecule has 0 saturated heterocycles. The molecule has 2 N–H and O–H groups in total. The molecular formula is C17H22N2. The van der Waals surface area contributed by atoms with Crippen LogP contribution in [0, 0.1) is 6.92 Å². The first kappa shape index (κ1) is 11.5. The summed E-state index contributed by atoms with van der Waals surface area (Å²) < 4.78 is 0. The van der Waals surface area contributed by atoms with Crippen LogP contribution in [0.1, 0.15) is 48.9 Å². The highest BCUT2D eigenvalue weighted by molar-refractivity contribution is 5.86. The Labute approximate surface area is 114 Å². The number of hydrogen-bond acceptors (Lipinski definition) is 1. The van der Waals surface area contributed by atoms with Gasteiger partial charge in [0.05, 0.1) is 5.54 Å². The van der Waals surface area contributed by atoms with Gasteiger partial charge in [0.1, 0.15) is 0 Å². The van der Waals surface area contributed by atoms with Crippen molar-refractivity contribution >= 4 is 10.9 Å². The van der Waals surface area contributed by atoms with Gasteiger partial charge in [-0.25, -0.2) is 0 Å². The minimum Gasteiger partial charge on any atom is -0.357 e. The van der Waals surface area contributed by atoms with E-state index in [2.05, 4.69) is 35.4 Å². The maximum Gasteiger partial charge on any atom is 0.0589 e. The molecule has 2 aliphatic rings. The molecule has 1 aromatic heterocycles. The van der Waals surface area contributed by atoms with Gasteiger partial charge in [-0.05, 0) is 43.9 Å². The molecular weight excluding hydrogens is 232 g/mol. The van der Waals surface area contributed by atoms with Crippen LogP contribution in [0.2, 0.25) is 0 Å². The van der Waals surface area contributed by atoms with E-state index in [1.807, 2.05) is 0 Å². The van der Waals surface area contributed by atoms with Crippen molar-refractivity contribution < 1.29 is 0 Å². The SMILES string of the molecule is Cc1ccc2[nH]c3c(c2c1)CCNC31CCCCC1. The number of aromatic nitrogens is 1. The number of hydrogen-bond donors (Lipinski definition) is 2. The van der Waals surface area contributed by atoms with Crippen LogP contribution in [-0.2, 0) is 12.0 Å². The van der Waals surface area contributed by atoms with Crippen molar-refractivity contribution in [2.24, 2.45) is 0 Å². The average Bonchev–Trinajstić information content (AvgIpc) is 2.80. The molecule has 0 amide bonds. The first-order chi connectivity index (χ1) is 9.28. The van der Waals surface area contributed by atoms with Gasteiger partial charge in [-0.2, -0.15) is 0 Å². The molecule has 1 aliphatic heterocycles. The quantitative estimate of drug-likeness (QED) is 0.735. The van der Waals surface area contributed by atoms with Crippen molar-refractivity contribution in [3.8, 4) is 0 Å². The fourth-order valence-corrected chi connectivity index (χ4v) is 4.13. The molecule has 4 rings (SSSR count). The number of rotatable bonds is 0. The Balaban J connectivity index is 1.93. The lowest BCUT2D eigenvalue weighted by molar-refractivity contribution is 0.218. The number of H-pyrrole nitrogens is 1. The van der Waals surface area contributed by atoms with Crippen molar-refractivity contribution in [3.63, 3.8) is 0 Å². The number of aryl methyl sites for hydroxylation is 1. The highest BCUT2D eigenvalue weighted by Gasteiger charge is 2.39. The zero-order chi connectivity index (χ0) is 12.9. The summed E-state index contributed by atoms with van der Waals surface area (Å²) in [5.41, 5.74) is 6.02. The summed E-state index contributed by atoms with van der Waals surface area (Å²) in [4.78, 5) is 3.74. The zero-order valence-corrected chi connectivity index (χ0v) is 11.7. The van der Waals surface area contributed by atoms with Gasteiger partial charge in [0.15, 0.2) is 0 Å². The van der Waals surface area contributed by atoms with Crippen LogP contribution in [0.3, 0.4) is 0 Å². The molecule has 2 nitrogen and oxygen atoms in total. The molecule has 1 spiro atoms. The predicted molar refractivity (Wildman–Crippen MR) is 79.5 cm³/mol. The molecule has 0 radical (unpaired) electrons. The summed E-state index contributed by atoms with van der Waals surface area (Å²) in [6, 6.07) is 6.82. The number of aromatic amines is 1. The summed E-state index contributed by atoms with van der Waals surface area (Å²) in [6.45, 7) is 3.32. The summed E-state index contributed by atoms with van der Waals surface area (Å²) in [6.07, 6.45) is 7.89. The van der Waals surface area contributed by atoms with Gasteiger partial charge in [-0.3, -0.25) is 0 Å². The highest BCUT2D eigenvalue weighted by Crippen LogP contribution is 2.42. The lowest BCUT2D eigenvalue weighted by Crippen LogP contribution is -2.48. The monoisotopic (exact) mass is 254 g/mol. The average molecular weight is 254 g/mol. The van der Waals surface area contributed by atoms with Crippen molar-refractivity contribution in [2.75, 3.05) is 6.54 Å². The predicted octanol–water partition coefficient (Wildman–Crippen LogP) is 3.78. The number of benzene rings is 1. The summed E-state index contributed by atoms with van der Waals surface area (Å²) >= 11 is 0. The molecule has 19 heavy (non-hydrogen) atoms. The van der Waals surface area contributed by atoms with Gasteiger partial charge in [-0.15, -0.1) is 0 Å². The number of nitrogens with one attached hydrogen (secondary N) is 2. The molecule has 2 heterocycles. The number of fused-ring (bicyclic) bond motifs is 4. The van der Waals surface area contributed by atoms with Gasteiger partial charge >= 0.3 is 0 Å². The van der Waals surface area contributed by atoms with E-state index in [1.165, 1.54) is 60.7 Å². The topological polar surface area (TPSA) is 27.8 Å². The minimum absolute atomic E-state index is 0.249. The molecule has 1 aromatic carbocycles. The van der Waals surface area contributed by atoms with Crippen LogP contribution >= 0.6 is 0 Å². The van der Waals surface area contributed by atoms with Crippen LogP contribution in [-0.4, -0.2) is 11.5 Å². The van der Waals surface area contributed by atoms with E-state index in [9.17, 15) is 0 Å². The third-order valence-corrected chi connectivity index (χ3v) is 5.09. The first-order valence-corrected chi connectivity index (χ1v) is 7.65. The molecule has 2 aromatic rings. The third-order valence-electron chi connectivity index (χ3n) is 5.09. The van der Waals surface area contributed by atoms with Crippen LogP contribution in [0.15, 0.2) is 18.2 Å². The van der Waals surface area contributed by atoms with E-state index in [0.717, 1.165) is 6.54 Å². The Kier molecular flexibility index (Phi) is 2.49. The first-order valence-electron chi connectivity index (χ1n) is 7.65. The van der Waals surface area contributed by atoms with Gasteiger partial charge in [0.25, 0.3) is 0 Å². The van der Waals surface area contributed by atoms with E-state index in [1.54, 1.807) is 5.56 Å². The second-order valence-corrected chi connectivity index (χ2v) is 6.35. The van der Waals surface area contributed by atoms with E-state index < -0.39 is 0 Å². The normalized spacial score (nSPS) is 21.7. The summed E-state index contributed by atoms with van der Waals surface area (Å²) in [7, 11) is 0. The third kappa shape index (κ3) is 1.66. The smallest absolute Gasteiger partial charge is 0.0589 e. The Hall–Kier alpha value is -1.28. The van der Waals surface area contributed by atoms with E-state index >= 15 is 0 Å². The van der Waals surface area contributed by atoms with E-state index in [4.69, 9.17) is 0 Å². The van der Waals surface area contributed by atoms with E-state index in [-0.39, 0.29) is 5.54 Å². The molecule has 1 fully saturated rings. The Morgan fingerprint density at radius 2 is 1.95 bits per heavy atom. The highest BCUT2D eigenvalue weighted by atomic mass is 15.0. The maximum atomic E-state index is 3.83. The van der Waals surface area contributed by atoms with Crippen LogP contribution in [0.4, 0.5) is 0 Å². The molecule has 0 bridgehead atoms. The van der Waals surface area contributed by atoms with Gasteiger partial charge in [0.2, 0.25) is 0 Å². The summed E-state index contributed by atoms with van der Waals surface area (Å²) in [5.74, 6) is 0. The van der Waals surface area contributed by atoms with Crippen LogP contribution < -0.4 is 5.32 Å². The van der Waals surface area contributed by atoms with Crippen molar-refractivity contribution in [3.05, 3.63) is 35.0 Å². The largest absolute Gasteiger partial charge is 0.357 e. The van der Waals surface area contributed by atoms with Gasteiger partial charge < -0.3 is 10.3 Å². The Morgan fingerprint density at radius 1 is 1.11 bits per heavy atom. The van der Waals surface area contributed by atoms with Gasteiger partial charge in [-0.1, -0.05) is 30.9 Å². The van der Waals surface area contributed by atoms with Crippen molar-refractivity contribution in [1.29, 1.82) is 0 Å². The second-order valence-electron chi connectivity index (χ2n) is 6.35. The Morgan fingerprint density at radius 3 is 2.79 bits per heavy atom. The maximum absolute atomic E-state index is 3.83. The molecule has 1 aliphatic carbocycles. The van der Waals surface area contributed by atoms with Crippen LogP contribution in [0.5, 0.6) is 0 Å². The lowest BCUT2D eigenvalue weighted by atomic mass is 9.75. The summed E-state index contributed by atoms with van der Waals surface area (Å²) in [5, 5.41) is 5.29. The molecule has 100 valence electrons. The van der Waals surface area contributed by atoms with Crippen LogP contribution in [0.25, 0.3) is 10.9 Å². The molecule has 1 saturated carbocycles.